The third kappa shape index (κ3) is 4.11. The monoisotopic (exact) mass is 573 g/mol. The first-order valence-corrected chi connectivity index (χ1v) is 13.8. The van der Waals surface area contributed by atoms with Gasteiger partial charge in [-0.25, -0.2) is 0 Å². The second-order valence-corrected chi connectivity index (χ2v) is 12.1. The number of hydrogen-bond acceptors (Lipinski definition) is 4. The molecule has 0 bridgehead atoms. The van der Waals surface area contributed by atoms with Crippen LogP contribution in [-0.2, 0) is 16.8 Å². The van der Waals surface area contributed by atoms with E-state index >= 15 is 0 Å². The van der Waals surface area contributed by atoms with Crippen LogP contribution in [0.5, 0.6) is 5.75 Å². The van der Waals surface area contributed by atoms with E-state index in [4.69, 9.17) is 9.26 Å². The fraction of sp³-hybridized carbons (Fsp3) is 0.483. The molecular formula is C29H27BrF3NO3. The number of nitrogens with zero attached hydrogens (tertiary/aromatic N) is 1. The Morgan fingerprint density at radius 1 is 1.00 bits per heavy atom. The van der Waals surface area contributed by atoms with Crippen molar-refractivity contribution in [2.45, 2.75) is 68.9 Å². The molecule has 4 saturated carbocycles. The van der Waals surface area contributed by atoms with E-state index in [0.717, 1.165) is 47.4 Å². The van der Waals surface area contributed by atoms with Crippen LogP contribution >= 0.6 is 15.9 Å². The van der Waals surface area contributed by atoms with Gasteiger partial charge >= 0.3 is 6.36 Å². The Balaban J connectivity index is 1.08. The molecule has 0 aliphatic heterocycles. The number of ether oxygens (including phenoxy) is 2. The normalized spacial score (nSPS) is 30.3. The van der Waals surface area contributed by atoms with Crippen LogP contribution in [0.2, 0.25) is 0 Å². The van der Waals surface area contributed by atoms with Crippen LogP contribution in [0.4, 0.5) is 13.2 Å². The van der Waals surface area contributed by atoms with Crippen LogP contribution in [0, 0.1) is 17.8 Å². The highest BCUT2D eigenvalue weighted by molar-refractivity contribution is 9.10. The third-order valence-corrected chi connectivity index (χ3v) is 9.58. The maximum Gasteiger partial charge on any atom is 0.573 e. The number of hydrogen-bond donors (Lipinski definition) is 0. The molecule has 8 heteroatoms. The van der Waals surface area contributed by atoms with Crippen LogP contribution in [0.1, 0.15) is 61.3 Å². The van der Waals surface area contributed by atoms with E-state index in [0.29, 0.717) is 22.9 Å². The van der Waals surface area contributed by atoms with Crippen molar-refractivity contribution < 1.29 is 27.2 Å². The highest BCUT2D eigenvalue weighted by atomic mass is 79.9. The summed E-state index contributed by atoms with van der Waals surface area (Å²) in [4.78, 5) is 0. The molecule has 1 aromatic heterocycles. The van der Waals surface area contributed by atoms with Gasteiger partial charge in [-0.05, 0) is 91.5 Å². The summed E-state index contributed by atoms with van der Waals surface area (Å²) in [6.07, 6.45) is 1.84. The van der Waals surface area contributed by atoms with Crippen LogP contribution in [0.15, 0.2) is 57.5 Å². The Morgan fingerprint density at radius 2 is 1.70 bits per heavy atom. The summed E-state index contributed by atoms with van der Waals surface area (Å²) >= 11 is 3.54. The van der Waals surface area contributed by atoms with Crippen molar-refractivity contribution in [1.29, 1.82) is 0 Å². The van der Waals surface area contributed by atoms with E-state index in [9.17, 15) is 13.2 Å². The van der Waals surface area contributed by atoms with E-state index in [1.807, 2.05) is 0 Å². The summed E-state index contributed by atoms with van der Waals surface area (Å²) in [5.41, 5.74) is 3.24. The predicted octanol–water partition coefficient (Wildman–Crippen LogP) is 8.15. The summed E-state index contributed by atoms with van der Waals surface area (Å²) in [5, 5.41) is 4.21. The Morgan fingerprint density at radius 3 is 2.38 bits per heavy atom. The number of rotatable bonds is 7. The average Bonchev–Trinajstić information content (AvgIpc) is 3.58. The maximum absolute atomic E-state index is 13.0. The molecule has 4 nitrogen and oxygen atoms in total. The van der Waals surface area contributed by atoms with Gasteiger partial charge in [0.2, 0.25) is 0 Å². The van der Waals surface area contributed by atoms with Crippen LogP contribution in [-0.4, -0.2) is 17.6 Å². The Hall–Kier alpha value is -2.32. The second kappa shape index (κ2) is 8.60. The lowest BCUT2D eigenvalue weighted by Gasteiger charge is -2.71. The molecule has 0 amide bonds. The van der Waals surface area contributed by atoms with Crippen molar-refractivity contribution in [3.63, 3.8) is 0 Å². The topological polar surface area (TPSA) is 44.5 Å². The fourth-order valence-electron chi connectivity index (χ4n) is 7.51. The molecule has 0 spiro atoms. The molecule has 194 valence electrons. The SMILES string of the molecule is FC(F)(F)Oc1ccccc1-c1noc(C2CC2)c1CO[C@@H]1CC2C[C@]3(c4ccc(Br)cc4)C[C@H](C1)C23. The van der Waals surface area contributed by atoms with Crippen molar-refractivity contribution in [3.8, 4) is 17.0 Å². The van der Waals surface area contributed by atoms with Gasteiger partial charge < -0.3 is 14.0 Å². The molecule has 4 aliphatic carbocycles. The Kier molecular flexibility index (Phi) is 5.52. The van der Waals surface area contributed by atoms with Crippen LogP contribution in [0.3, 0.4) is 0 Å². The van der Waals surface area contributed by atoms with Gasteiger partial charge in [0, 0.05) is 21.5 Å². The van der Waals surface area contributed by atoms with Crippen molar-refractivity contribution in [1.82, 2.24) is 5.16 Å². The number of aromatic nitrogens is 1. The van der Waals surface area contributed by atoms with E-state index in [2.05, 4.69) is 50.1 Å². The number of para-hydroxylation sites is 1. The summed E-state index contributed by atoms with van der Waals surface area (Å²) in [6.45, 7) is 0.289. The first kappa shape index (κ1) is 23.8. The molecule has 0 N–H and O–H groups in total. The van der Waals surface area contributed by atoms with Crippen molar-refractivity contribution in [2.24, 2.45) is 17.8 Å². The Labute approximate surface area is 221 Å². The predicted molar refractivity (Wildman–Crippen MR) is 134 cm³/mol. The minimum absolute atomic E-state index is 0.144. The minimum Gasteiger partial charge on any atom is -0.405 e. The molecule has 0 radical (unpaired) electrons. The molecule has 7 rings (SSSR count). The van der Waals surface area contributed by atoms with Gasteiger partial charge in [-0.3, -0.25) is 0 Å². The number of halogens is 4. The van der Waals surface area contributed by atoms with Crippen LogP contribution < -0.4 is 4.74 Å². The second-order valence-electron chi connectivity index (χ2n) is 11.2. The zero-order valence-electron chi connectivity index (χ0n) is 20.1. The lowest BCUT2D eigenvalue weighted by atomic mass is 9.33. The molecule has 2 aromatic carbocycles. The minimum atomic E-state index is -4.79. The van der Waals surface area contributed by atoms with Gasteiger partial charge in [0.25, 0.3) is 0 Å². The molecule has 1 heterocycles. The first-order valence-electron chi connectivity index (χ1n) is 13.0. The highest BCUT2D eigenvalue weighted by Crippen LogP contribution is 2.72. The fourth-order valence-corrected chi connectivity index (χ4v) is 7.77. The quantitative estimate of drug-likeness (QED) is 0.286. The maximum atomic E-state index is 13.0. The molecule has 37 heavy (non-hydrogen) atoms. The summed E-state index contributed by atoms with van der Waals surface area (Å²) in [5.74, 6) is 2.82. The summed E-state index contributed by atoms with van der Waals surface area (Å²) in [6, 6.07) is 14.9. The number of benzene rings is 2. The molecule has 0 saturated heterocycles. The number of alkyl halides is 3. The largest absolute Gasteiger partial charge is 0.573 e. The van der Waals surface area contributed by atoms with Crippen molar-refractivity contribution >= 4 is 15.9 Å². The standard InChI is InChI=1S/C29H27BrF3NO3/c30-20-9-7-19(8-10-20)28-13-17-11-21(12-18(14-28)25(17)28)35-15-23-26(34-37-27(23)16-5-6-16)22-3-1-2-4-24(22)36-29(31,32)33/h1-4,7-10,16-18,21,25H,5-6,11-15H2/t17-,18?,21-,25?,28-/m0/s1. The van der Waals surface area contributed by atoms with E-state index in [1.165, 1.54) is 30.5 Å². The van der Waals surface area contributed by atoms with Crippen molar-refractivity contribution in [2.75, 3.05) is 0 Å². The summed E-state index contributed by atoms with van der Waals surface area (Å²) in [7, 11) is 0. The molecule has 2 unspecified atom stereocenters. The molecule has 3 aromatic rings. The van der Waals surface area contributed by atoms with Gasteiger partial charge in [-0.2, -0.15) is 0 Å². The van der Waals surface area contributed by atoms with Gasteiger partial charge in [0.05, 0.1) is 12.7 Å². The van der Waals surface area contributed by atoms with E-state index < -0.39 is 6.36 Å². The molecule has 4 aliphatic rings. The van der Waals surface area contributed by atoms with E-state index in [-0.39, 0.29) is 29.9 Å². The molecule has 4 fully saturated rings. The van der Waals surface area contributed by atoms with Gasteiger partial charge in [-0.15, -0.1) is 13.2 Å². The third-order valence-electron chi connectivity index (χ3n) is 9.06. The average molecular weight is 574 g/mol. The van der Waals surface area contributed by atoms with Gasteiger partial charge in [0.15, 0.2) is 0 Å². The van der Waals surface area contributed by atoms with Gasteiger partial charge in [0.1, 0.15) is 17.2 Å². The zero-order chi connectivity index (χ0) is 25.4. The Bertz CT molecular complexity index is 1300. The molecular weight excluding hydrogens is 547 g/mol. The smallest absolute Gasteiger partial charge is 0.405 e. The van der Waals surface area contributed by atoms with Gasteiger partial charge in [-0.1, -0.05) is 45.4 Å². The zero-order valence-corrected chi connectivity index (χ0v) is 21.7. The van der Waals surface area contributed by atoms with E-state index in [1.54, 1.807) is 12.1 Å². The molecule has 5 atom stereocenters. The first-order chi connectivity index (χ1) is 17.8. The summed E-state index contributed by atoms with van der Waals surface area (Å²) < 4.78 is 56.7. The lowest BCUT2D eigenvalue weighted by Crippen LogP contribution is -2.67. The highest BCUT2D eigenvalue weighted by Gasteiger charge is 2.67. The van der Waals surface area contributed by atoms with Crippen molar-refractivity contribution in [3.05, 3.63) is 69.9 Å². The lowest BCUT2D eigenvalue weighted by molar-refractivity contribution is -0.274. The van der Waals surface area contributed by atoms with Crippen LogP contribution in [0.25, 0.3) is 11.3 Å².